The number of nitrogens with one attached hydrogen (secondary N) is 1. The standard InChI is InChI=1S/C17H26N2O/c1-13(2)19-8-7-17(3,11-19)12-20-16-6-4-5-14-9-18-10-15(14)16/h4-6,13,18H,7-12H2,1-3H3. The van der Waals surface area contributed by atoms with E-state index in [1.165, 1.54) is 24.1 Å². The zero-order chi connectivity index (χ0) is 14.2. The highest BCUT2D eigenvalue weighted by Crippen LogP contribution is 2.33. The molecular formula is C17H26N2O. The van der Waals surface area contributed by atoms with E-state index in [9.17, 15) is 0 Å². The van der Waals surface area contributed by atoms with Gasteiger partial charge in [0, 0.05) is 36.7 Å². The summed E-state index contributed by atoms with van der Waals surface area (Å²) in [6.07, 6.45) is 1.23. The lowest BCUT2D eigenvalue weighted by molar-refractivity contribution is 0.153. The van der Waals surface area contributed by atoms with Crippen LogP contribution >= 0.6 is 0 Å². The molecule has 20 heavy (non-hydrogen) atoms. The van der Waals surface area contributed by atoms with Crippen molar-refractivity contribution in [2.75, 3.05) is 19.7 Å². The third-order valence-electron chi connectivity index (χ3n) is 4.74. The molecule has 2 aliphatic heterocycles. The van der Waals surface area contributed by atoms with Gasteiger partial charge in [0.05, 0.1) is 6.61 Å². The van der Waals surface area contributed by atoms with Crippen LogP contribution in [0.25, 0.3) is 0 Å². The Hall–Kier alpha value is -1.06. The first kappa shape index (κ1) is 13.9. The minimum Gasteiger partial charge on any atom is -0.493 e. The van der Waals surface area contributed by atoms with Crippen molar-refractivity contribution in [2.24, 2.45) is 5.41 Å². The first-order chi connectivity index (χ1) is 9.57. The second-order valence-corrected chi connectivity index (χ2v) is 6.91. The molecular weight excluding hydrogens is 248 g/mol. The molecule has 1 fully saturated rings. The summed E-state index contributed by atoms with van der Waals surface area (Å²) in [6.45, 7) is 12.0. The topological polar surface area (TPSA) is 24.5 Å². The maximum absolute atomic E-state index is 6.20. The first-order valence-electron chi connectivity index (χ1n) is 7.76. The van der Waals surface area contributed by atoms with Crippen LogP contribution in [0, 0.1) is 5.41 Å². The van der Waals surface area contributed by atoms with Crippen molar-refractivity contribution in [3.63, 3.8) is 0 Å². The van der Waals surface area contributed by atoms with Crippen molar-refractivity contribution >= 4 is 0 Å². The van der Waals surface area contributed by atoms with Crippen molar-refractivity contribution in [3.05, 3.63) is 29.3 Å². The highest BCUT2D eigenvalue weighted by Gasteiger charge is 2.35. The summed E-state index contributed by atoms with van der Waals surface area (Å²) in [5.74, 6) is 1.08. The van der Waals surface area contributed by atoms with Crippen LogP contribution < -0.4 is 10.1 Å². The van der Waals surface area contributed by atoms with Crippen LogP contribution in [0.5, 0.6) is 5.75 Å². The minimum atomic E-state index is 0.291. The van der Waals surface area contributed by atoms with Gasteiger partial charge in [0.25, 0.3) is 0 Å². The molecule has 2 heterocycles. The molecule has 110 valence electrons. The number of likely N-dealkylation sites (tertiary alicyclic amines) is 1. The van der Waals surface area contributed by atoms with Gasteiger partial charge in [-0.15, -0.1) is 0 Å². The number of rotatable bonds is 4. The maximum Gasteiger partial charge on any atom is 0.124 e. The van der Waals surface area contributed by atoms with Crippen LogP contribution in [0.15, 0.2) is 18.2 Å². The number of ether oxygens (including phenoxy) is 1. The van der Waals surface area contributed by atoms with Crippen molar-refractivity contribution in [1.29, 1.82) is 0 Å². The summed E-state index contributed by atoms with van der Waals surface area (Å²) in [7, 11) is 0. The number of fused-ring (bicyclic) bond motifs is 1. The largest absolute Gasteiger partial charge is 0.493 e. The van der Waals surface area contributed by atoms with Crippen LogP contribution in [0.2, 0.25) is 0 Å². The van der Waals surface area contributed by atoms with Gasteiger partial charge in [-0.2, -0.15) is 0 Å². The molecule has 3 nitrogen and oxygen atoms in total. The number of nitrogens with zero attached hydrogens (tertiary/aromatic N) is 1. The van der Waals surface area contributed by atoms with E-state index in [-0.39, 0.29) is 0 Å². The van der Waals surface area contributed by atoms with Gasteiger partial charge in [0.15, 0.2) is 0 Å². The Morgan fingerprint density at radius 3 is 2.95 bits per heavy atom. The lowest BCUT2D eigenvalue weighted by atomic mass is 9.91. The van der Waals surface area contributed by atoms with E-state index in [0.717, 1.165) is 32.0 Å². The maximum atomic E-state index is 6.20. The van der Waals surface area contributed by atoms with Crippen molar-refractivity contribution in [2.45, 2.75) is 46.3 Å². The molecule has 3 heteroatoms. The summed E-state index contributed by atoms with van der Waals surface area (Å²) in [5, 5.41) is 3.40. The summed E-state index contributed by atoms with van der Waals surface area (Å²) in [4.78, 5) is 2.56. The van der Waals surface area contributed by atoms with Gasteiger partial charge < -0.3 is 15.0 Å². The number of hydrogen-bond donors (Lipinski definition) is 1. The average Bonchev–Trinajstić information content (AvgIpc) is 3.03. The van der Waals surface area contributed by atoms with Crippen molar-refractivity contribution in [3.8, 4) is 5.75 Å². The molecule has 0 spiro atoms. The zero-order valence-electron chi connectivity index (χ0n) is 12.9. The van der Waals surface area contributed by atoms with Crippen LogP contribution in [-0.4, -0.2) is 30.6 Å². The van der Waals surface area contributed by atoms with Crippen LogP contribution in [-0.2, 0) is 13.1 Å². The number of benzene rings is 1. The van der Waals surface area contributed by atoms with Gasteiger partial charge in [-0.3, -0.25) is 0 Å². The molecule has 0 amide bonds. The Kier molecular flexibility index (Phi) is 3.74. The van der Waals surface area contributed by atoms with Gasteiger partial charge in [-0.1, -0.05) is 19.1 Å². The van der Waals surface area contributed by atoms with Gasteiger partial charge in [0.2, 0.25) is 0 Å². The third-order valence-corrected chi connectivity index (χ3v) is 4.74. The highest BCUT2D eigenvalue weighted by atomic mass is 16.5. The summed E-state index contributed by atoms with van der Waals surface area (Å²) < 4.78 is 6.20. The molecule has 0 radical (unpaired) electrons. The van der Waals surface area contributed by atoms with Crippen LogP contribution in [0.1, 0.15) is 38.3 Å². The predicted molar refractivity (Wildman–Crippen MR) is 81.9 cm³/mol. The Morgan fingerprint density at radius 2 is 2.20 bits per heavy atom. The molecule has 1 aromatic carbocycles. The summed E-state index contributed by atoms with van der Waals surface area (Å²) in [5.41, 5.74) is 3.04. The molecule has 0 aliphatic carbocycles. The van der Waals surface area contributed by atoms with Gasteiger partial charge in [-0.25, -0.2) is 0 Å². The van der Waals surface area contributed by atoms with Gasteiger partial charge in [0.1, 0.15) is 5.75 Å². The fraction of sp³-hybridized carbons (Fsp3) is 0.647. The Labute approximate surface area is 122 Å². The lowest BCUT2D eigenvalue weighted by Gasteiger charge is -2.27. The normalized spacial score (nSPS) is 26.2. The van der Waals surface area contributed by atoms with Crippen LogP contribution in [0.3, 0.4) is 0 Å². The quantitative estimate of drug-likeness (QED) is 0.913. The molecule has 1 aromatic rings. The zero-order valence-corrected chi connectivity index (χ0v) is 12.9. The molecule has 1 atom stereocenters. The Bertz CT molecular complexity index is 486. The predicted octanol–water partition coefficient (Wildman–Crippen LogP) is 2.79. The molecule has 0 bridgehead atoms. The van der Waals surface area contributed by atoms with Gasteiger partial charge >= 0.3 is 0 Å². The third kappa shape index (κ3) is 2.70. The fourth-order valence-electron chi connectivity index (χ4n) is 3.31. The Balaban J connectivity index is 1.64. The SMILES string of the molecule is CC(C)N1CCC(C)(COc2cccc3c2CNC3)C1. The molecule has 2 aliphatic rings. The summed E-state index contributed by atoms with van der Waals surface area (Å²) in [6, 6.07) is 7.06. The molecule has 1 saturated heterocycles. The van der Waals surface area contributed by atoms with E-state index in [0.29, 0.717) is 11.5 Å². The van der Waals surface area contributed by atoms with E-state index in [2.05, 4.69) is 49.2 Å². The fourth-order valence-corrected chi connectivity index (χ4v) is 3.31. The van der Waals surface area contributed by atoms with E-state index in [4.69, 9.17) is 4.74 Å². The molecule has 0 aromatic heterocycles. The molecule has 3 rings (SSSR count). The van der Waals surface area contributed by atoms with Gasteiger partial charge in [-0.05, 0) is 38.4 Å². The van der Waals surface area contributed by atoms with Crippen molar-refractivity contribution in [1.82, 2.24) is 10.2 Å². The Morgan fingerprint density at radius 1 is 1.35 bits per heavy atom. The smallest absolute Gasteiger partial charge is 0.124 e. The van der Waals surface area contributed by atoms with Crippen molar-refractivity contribution < 1.29 is 4.74 Å². The lowest BCUT2D eigenvalue weighted by Crippen LogP contribution is -2.33. The number of hydrogen-bond acceptors (Lipinski definition) is 3. The highest BCUT2D eigenvalue weighted by molar-refractivity contribution is 5.42. The second-order valence-electron chi connectivity index (χ2n) is 6.91. The van der Waals surface area contributed by atoms with E-state index < -0.39 is 0 Å². The van der Waals surface area contributed by atoms with E-state index in [1.807, 2.05) is 0 Å². The minimum absolute atomic E-state index is 0.291. The molecule has 0 saturated carbocycles. The van der Waals surface area contributed by atoms with Crippen LogP contribution in [0.4, 0.5) is 0 Å². The monoisotopic (exact) mass is 274 g/mol. The molecule has 1 N–H and O–H groups in total. The van der Waals surface area contributed by atoms with E-state index >= 15 is 0 Å². The average molecular weight is 274 g/mol. The molecule has 1 unspecified atom stereocenters. The summed E-state index contributed by atoms with van der Waals surface area (Å²) >= 11 is 0. The second kappa shape index (κ2) is 5.38. The van der Waals surface area contributed by atoms with E-state index in [1.54, 1.807) is 0 Å². The first-order valence-corrected chi connectivity index (χ1v) is 7.76.